The van der Waals surface area contributed by atoms with Crippen LogP contribution in [0.5, 0.6) is 0 Å². The zero-order chi connectivity index (χ0) is 6.97. The van der Waals surface area contributed by atoms with Crippen LogP contribution in [-0.2, 0) is 0 Å². The van der Waals surface area contributed by atoms with Gasteiger partial charge in [-0.1, -0.05) is 12.2 Å². The third-order valence-electron chi connectivity index (χ3n) is 1.46. The summed E-state index contributed by atoms with van der Waals surface area (Å²) in [4.78, 5) is 8.01. The Kier molecular flexibility index (Phi) is 0.974. The summed E-state index contributed by atoms with van der Waals surface area (Å²) in [5.41, 5.74) is 7.19. The summed E-state index contributed by atoms with van der Waals surface area (Å²) < 4.78 is 0. The lowest BCUT2D eigenvalue weighted by molar-refractivity contribution is 1.31. The van der Waals surface area contributed by atoms with Gasteiger partial charge in [-0.3, -0.25) is 0 Å². The van der Waals surface area contributed by atoms with Crippen LogP contribution in [-0.4, -0.2) is 11.7 Å². The monoisotopic (exact) mass is 133 g/mol. The Bertz CT molecular complexity index is 281. The van der Waals surface area contributed by atoms with Gasteiger partial charge in [-0.25, -0.2) is 9.98 Å². The average Bonchev–Trinajstić information content (AvgIpc) is 2.27. The largest absolute Gasteiger partial charge is 0.368 e. The molecule has 0 aromatic heterocycles. The van der Waals surface area contributed by atoms with E-state index in [1.54, 1.807) is 0 Å². The van der Waals surface area contributed by atoms with Crippen LogP contribution in [0, 0.1) is 0 Å². The summed E-state index contributed by atoms with van der Waals surface area (Å²) in [7, 11) is 0. The molecule has 0 bridgehead atoms. The first-order valence-corrected chi connectivity index (χ1v) is 3.16. The molecule has 3 heteroatoms. The van der Waals surface area contributed by atoms with Crippen LogP contribution in [0.4, 0.5) is 0 Å². The van der Waals surface area contributed by atoms with Crippen LogP contribution in [0.25, 0.3) is 0 Å². The second kappa shape index (κ2) is 1.80. The third-order valence-corrected chi connectivity index (χ3v) is 1.46. The predicted molar refractivity (Wildman–Crippen MR) is 40.9 cm³/mol. The first kappa shape index (κ1) is 5.41. The Morgan fingerprint density at radius 2 is 2.30 bits per heavy atom. The Balaban J connectivity index is 2.46. The molecule has 10 heavy (non-hydrogen) atoms. The summed E-state index contributed by atoms with van der Waals surface area (Å²) in [6.07, 6.45) is 6.93. The van der Waals surface area contributed by atoms with Crippen molar-refractivity contribution in [3.63, 3.8) is 0 Å². The molecule has 0 saturated heterocycles. The Hall–Kier alpha value is -1.38. The SMILES string of the molecule is NC1=NC2=CCC=CC2=N1. The molecular weight excluding hydrogens is 126 g/mol. The molecule has 1 aliphatic carbocycles. The highest BCUT2D eigenvalue weighted by atomic mass is 15.1. The van der Waals surface area contributed by atoms with E-state index in [1.165, 1.54) is 0 Å². The van der Waals surface area contributed by atoms with E-state index in [1.807, 2.05) is 18.2 Å². The number of aliphatic imine (C=N–C) groups is 2. The molecule has 0 unspecified atom stereocenters. The van der Waals surface area contributed by atoms with Gasteiger partial charge in [0.2, 0.25) is 5.96 Å². The average molecular weight is 133 g/mol. The quantitative estimate of drug-likeness (QED) is 0.516. The maximum Gasteiger partial charge on any atom is 0.221 e. The lowest BCUT2D eigenvalue weighted by Gasteiger charge is -1.97. The van der Waals surface area contributed by atoms with E-state index in [0.29, 0.717) is 5.96 Å². The van der Waals surface area contributed by atoms with E-state index in [9.17, 15) is 0 Å². The lowest BCUT2D eigenvalue weighted by Crippen LogP contribution is -2.04. The minimum Gasteiger partial charge on any atom is -0.368 e. The first-order chi connectivity index (χ1) is 4.86. The van der Waals surface area contributed by atoms with E-state index in [0.717, 1.165) is 17.8 Å². The third kappa shape index (κ3) is 0.673. The van der Waals surface area contributed by atoms with Crippen molar-refractivity contribution in [1.29, 1.82) is 0 Å². The molecule has 0 aromatic rings. The van der Waals surface area contributed by atoms with Gasteiger partial charge in [0.15, 0.2) is 0 Å². The fourth-order valence-corrected chi connectivity index (χ4v) is 1.02. The molecule has 2 N–H and O–H groups in total. The van der Waals surface area contributed by atoms with Crippen molar-refractivity contribution in [1.82, 2.24) is 0 Å². The van der Waals surface area contributed by atoms with Gasteiger partial charge in [0.05, 0.1) is 11.4 Å². The molecule has 50 valence electrons. The van der Waals surface area contributed by atoms with Crippen molar-refractivity contribution in [2.24, 2.45) is 15.7 Å². The molecule has 0 aromatic carbocycles. The molecule has 1 aliphatic heterocycles. The predicted octanol–water partition coefficient (Wildman–Crippen LogP) is 0.600. The minimum absolute atomic E-state index is 0.368. The molecule has 1 heterocycles. The number of allylic oxidation sites excluding steroid dienone is 3. The fourth-order valence-electron chi connectivity index (χ4n) is 1.02. The van der Waals surface area contributed by atoms with Crippen LogP contribution in [0.15, 0.2) is 33.9 Å². The maximum atomic E-state index is 5.38. The number of hydrogen-bond donors (Lipinski definition) is 1. The molecule has 2 aliphatic rings. The number of rotatable bonds is 0. The van der Waals surface area contributed by atoms with Gasteiger partial charge in [-0.05, 0) is 12.5 Å². The van der Waals surface area contributed by atoms with Gasteiger partial charge in [0, 0.05) is 0 Å². The van der Waals surface area contributed by atoms with E-state index in [2.05, 4.69) is 9.98 Å². The Morgan fingerprint density at radius 3 is 3.10 bits per heavy atom. The smallest absolute Gasteiger partial charge is 0.221 e. The molecular formula is C7H7N3. The Labute approximate surface area is 58.7 Å². The molecule has 0 fully saturated rings. The topological polar surface area (TPSA) is 50.7 Å². The summed E-state index contributed by atoms with van der Waals surface area (Å²) >= 11 is 0. The van der Waals surface area contributed by atoms with Crippen LogP contribution >= 0.6 is 0 Å². The highest BCUT2D eigenvalue weighted by Gasteiger charge is 2.12. The van der Waals surface area contributed by atoms with Crippen molar-refractivity contribution < 1.29 is 0 Å². The van der Waals surface area contributed by atoms with E-state index in [4.69, 9.17) is 5.73 Å². The summed E-state index contributed by atoms with van der Waals surface area (Å²) in [6, 6.07) is 0. The molecule has 0 atom stereocenters. The highest BCUT2D eigenvalue weighted by molar-refractivity contribution is 6.18. The van der Waals surface area contributed by atoms with Crippen LogP contribution < -0.4 is 5.73 Å². The standard InChI is InChI=1S/C7H7N3/c8-7-9-5-3-1-2-4-6(5)10-7/h1,3-4H,2H2,(H2,8,10). The van der Waals surface area contributed by atoms with Crippen LogP contribution in [0.3, 0.4) is 0 Å². The van der Waals surface area contributed by atoms with Gasteiger partial charge < -0.3 is 5.73 Å². The van der Waals surface area contributed by atoms with Crippen molar-refractivity contribution in [3.8, 4) is 0 Å². The van der Waals surface area contributed by atoms with Gasteiger partial charge >= 0.3 is 0 Å². The highest BCUT2D eigenvalue weighted by Crippen LogP contribution is 2.14. The molecule has 0 saturated carbocycles. The summed E-state index contributed by atoms with van der Waals surface area (Å²) in [6.45, 7) is 0. The molecule has 0 radical (unpaired) electrons. The summed E-state index contributed by atoms with van der Waals surface area (Å²) in [5, 5.41) is 0. The van der Waals surface area contributed by atoms with E-state index in [-0.39, 0.29) is 0 Å². The number of hydrogen-bond acceptors (Lipinski definition) is 3. The fraction of sp³-hybridized carbons (Fsp3) is 0.143. The second-order valence-electron chi connectivity index (χ2n) is 2.19. The van der Waals surface area contributed by atoms with Crippen molar-refractivity contribution in [2.75, 3.05) is 0 Å². The van der Waals surface area contributed by atoms with Crippen LogP contribution in [0.2, 0.25) is 0 Å². The number of fused-ring (bicyclic) bond motifs is 1. The molecule has 3 nitrogen and oxygen atoms in total. The van der Waals surface area contributed by atoms with E-state index < -0.39 is 0 Å². The van der Waals surface area contributed by atoms with Crippen molar-refractivity contribution in [3.05, 3.63) is 23.9 Å². The van der Waals surface area contributed by atoms with Crippen LogP contribution in [0.1, 0.15) is 6.42 Å². The van der Waals surface area contributed by atoms with Crippen molar-refractivity contribution in [2.45, 2.75) is 6.42 Å². The molecule has 2 rings (SSSR count). The molecule has 0 amide bonds. The second-order valence-corrected chi connectivity index (χ2v) is 2.19. The van der Waals surface area contributed by atoms with Gasteiger partial charge in [0.25, 0.3) is 0 Å². The molecule has 0 spiro atoms. The van der Waals surface area contributed by atoms with Gasteiger partial charge in [-0.2, -0.15) is 0 Å². The van der Waals surface area contributed by atoms with Gasteiger partial charge in [0.1, 0.15) is 0 Å². The van der Waals surface area contributed by atoms with E-state index >= 15 is 0 Å². The first-order valence-electron chi connectivity index (χ1n) is 3.16. The minimum atomic E-state index is 0.368. The Morgan fingerprint density at radius 1 is 1.40 bits per heavy atom. The zero-order valence-electron chi connectivity index (χ0n) is 5.41. The number of nitrogens with zero attached hydrogens (tertiary/aromatic N) is 2. The van der Waals surface area contributed by atoms with Gasteiger partial charge in [-0.15, -0.1) is 0 Å². The zero-order valence-corrected chi connectivity index (χ0v) is 5.41. The number of guanidine groups is 1. The maximum absolute atomic E-state index is 5.38. The number of nitrogens with two attached hydrogens (primary N) is 1. The summed E-state index contributed by atoms with van der Waals surface area (Å²) in [5.74, 6) is 0.368. The lowest BCUT2D eigenvalue weighted by atomic mass is 10.1. The normalized spacial score (nSPS) is 21.4. The van der Waals surface area contributed by atoms with Crippen molar-refractivity contribution >= 4 is 11.7 Å².